The fourth-order valence-corrected chi connectivity index (χ4v) is 2.69. The highest BCUT2D eigenvalue weighted by molar-refractivity contribution is 7.80. The van der Waals surface area contributed by atoms with Crippen molar-refractivity contribution in [1.29, 1.82) is 0 Å². The maximum absolute atomic E-state index is 12.7. The van der Waals surface area contributed by atoms with Gasteiger partial charge in [-0.1, -0.05) is 17.7 Å². The Hall–Kier alpha value is -3.46. The van der Waals surface area contributed by atoms with Gasteiger partial charge in [0.2, 0.25) is 5.91 Å². The van der Waals surface area contributed by atoms with Gasteiger partial charge in [-0.2, -0.15) is 5.10 Å². The minimum atomic E-state index is -1.22. The third-order valence-electron chi connectivity index (χ3n) is 3.81. The molecule has 2 aromatic rings. The van der Waals surface area contributed by atoms with Crippen LogP contribution in [0.15, 0.2) is 53.9 Å². The zero-order chi connectivity index (χ0) is 19.4. The number of hydrogen-bond acceptors (Lipinski definition) is 6. The Morgan fingerprint density at radius 2 is 2.04 bits per heavy atom. The van der Waals surface area contributed by atoms with Crippen LogP contribution >= 0.6 is 12.2 Å². The highest BCUT2D eigenvalue weighted by Crippen LogP contribution is 2.20. The van der Waals surface area contributed by atoms with Crippen molar-refractivity contribution in [3.8, 4) is 0 Å². The van der Waals surface area contributed by atoms with Crippen LogP contribution < -0.4 is 15.6 Å². The molecule has 0 spiro atoms. The molecule has 1 atom stereocenters. The first kappa shape index (κ1) is 18.3. The predicted molar refractivity (Wildman–Crippen MR) is 103 cm³/mol. The molecule has 1 saturated heterocycles. The molecule has 3 rings (SSSR count). The van der Waals surface area contributed by atoms with Crippen LogP contribution in [0, 0.1) is 12.8 Å². The fraction of sp³-hybridized carbons (Fsp3) is 0.111. The quantitative estimate of drug-likeness (QED) is 0.358. The summed E-state index contributed by atoms with van der Waals surface area (Å²) in [4.78, 5) is 41.9. The van der Waals surface area contributed by atoms with Gasteiger partial charge >= 0.3 is 0 Å². The van der Waals surface area contributed by atoms with Gasteiger partial charge in [0.05, 0.1) is 11.3 Å². The smallest absolute Gasteiger partial charge is 0.272 e. The average Bonchev–Trinajstić information content (AvgIpc) is 2.66. The summed E-state index contributed by atoms with van der Waals surface area (Å²) >= 11 is 5.12. The highest BCUT2D eigenvalue weighted by Gasteiger charge is 2.38. The van der Waals surface area contributed by atoms with Gasteiger partial charge in [0.25, 0.3) is 11.8 Å². The number of anilines is 1. The number of thiocarbonyl (C=S) groups is 1. The van der Waals surface area contributed by atoms with E-state index in [1.54, 1.807) is 24.3 Å². The second-order valence-corrected chi connectivity index (χ2v) is 6.13. The Labute approximate surface area is 160 Å². The van der Waals surface area contributed by atoms with Crippen LogP contribution in [-0.4, -0.2) is 34.0 Å². The van der Waals surface area contributed by atoms with E-state index in [0.29, 0.717) is 11.3 Å². The van der Waals surface area contributed by atoms with Gasteiger partial charge in [-0.3, -0.25) is 24.3 Å². The molecule has 136 valence electrons. The number of pyridine rings is 1. The fourth-order valence-electron chi connectivity index (χ4n) is 2.39. The van der Waals surface area contributed by atoms with Gasteiger partial charge in [0.1, 0.15) is 0 Å². The van der Waals surface area contributed by atoms with E-state index in [1.807, 2.05) is 19.1 Å². The molecule has 2 heterocycles. The molecule has 0 bridgehead atoms. The van der Waals surface area contributed by atoms with Crippen molar-refractivity contribution in [3.05, 3.63) is 59.9 Å². The van der Waals surface area contributed by atoms with Crippen LogP contribution in [0.1, 0.15) is 15.9 Å². The number of nitrogens with zero attached hydrogens (tertiary/aromatic N) is 3. The van der Waals surface area contributed by atoms with Crippen LogP contribution in [0.4, 0.5) is 5.69 Å². The van der Waals surface area contributed by atoms with E-state index in [-0.39, 0.29) is 5.11 Å². The van der Waals surface area contributed by atoms with Crippen molar-refractivity contribution < 1.29 is 14.4 Å². The predicted octanol–water partition coefficient (Wildman–Crippen LogP) is 1.17. The van der Waals surface area contributed by atoms with E-state index in [0.717, 1.165) is 11.8 Å². The number of aromatic nitrogens is 1. The number of carbonyl (C=O) groups is 3. The lowest BCUT2D eigenvalue weighted by molar-refractivity contribution is -0.130. The zero-order valence-electron chi connectivity index (χ0n) is 14.2. The molecular formula is C18H15N5O3S. The van der Waals surface area contributed by atoms with Gasteiger partial charge in [-0.15, -0.1) is 0 Å². The lowest BCUT2D eigenvalue weighted by atomic mass is 10.1. The molecule has 27 heavy (non-hydrogen) atoms. The summed E-state index contributed by atoms with van der Waals surface area (Å²) in [5, 5.41) is 6.21. The van der Waals surface area contributed by atoms with E-state index in [4.69, 9.17) is 12.2 Å². The SMILES string of the molecule is Cc1ccc(N2C(=O)[C@H](/C=N/NC(=O)c3cccnc3)C(=O)NC2=S)cc1. The van der Waals surface area contributed by atoms with Crippen molar-refractivity contribution >= 4 is 47.0 Å². The van der Waals surface area contributed by atoms with Crippen molar-refractivity contribution in [2.24, 2.45) is 11.0 Å². The molecule has 2 N–H and O–H groups in total. The molecule has 1 aromatic heterocycles. The van der Waals surface area contributed by atoms with Crippen LogP contribution in [0.5, 0.6) is 0 Å². The van der Waals surface area contributed by atoms with Crippen molar-refractivity contribution in [3.63, 3.8) is 0 Å². The molecule has 0 aliphatic carbocycles. The molecule has 0 unspecified atom stereocenters. The average molecular weight is 381 g/mol. The summed E-state index contributed by atoms with van der Waals surface area (Å²) in [6, 6.07) is 10.3. The largest absolute Gasteiger partial charge is 0.301 e. The Morgan fingerprint density at radius 1 is 1.30 bits per heavy atom. The van der Waals surface area contributed by atoms with Crippen molar-refractivity contribution in [1.82, 2.24) is 15.7 Å². The minimum absolute atomic E-state index is 0.00195. The van der Waals surface area contributed by atoms with E-state index in [2.05, 4.69) is 20.8 Å². The van der Waals surface area contributed by atoms with Crippen LogP contribution in [-0.2, 0) is 9.59 Å². The van der Waals surface area contributed by atoms with Gasteiger partial charge in [-0.25, -0.2) is 5.43 Å². The molecule has 8 nitrogen and oxygen atoms in total. The monoisotopic (exact) mass is 381 g/mol. The van der Waals surface area contributed by atoms with Gasteiger partial charge < -0.3 is 5.32 Å². The van der Waals surface area contributed by atoms with Crippen LogP contribution in [0.3, 0.4) is 0 Å². The molecule has 0 saturated carbocycles. The summed E-state index contributed by atoms with van der Waals surface area (Å²) in [6.45, 7) is 1.92. The van der Waals surface area contributed by atoms with E-state index in [9.17, 15) is 14.4 Å². The Morgan fingerprint density at radius 3 is 2.70 bits per heavy atom. The summed E-state index contributed by atoms with van der Waals surface area (Å²) in [7, 11) is 0. The van der Waals surface area contributed by atoms with E-state index < -0.39 is 23.6 Å². The van der Waals surface area contributed by atoms with Gasteiger partial charge in [0.15, 0.2) is 11.0 Å². The number of aryl methyl sites for hydroxylation is 1. The maximum Gasteiger partial charge on any atom is 0.272 e. The van der Waals surface area contributed by atoms with Gasteiger partial charge in [-0.05, 0) is 43.4 Å². The number of hydrazone groups is 1. The standard InChI is InChI=1S/C18H15N5O3S/c1-11-4-6-13(7-5-11)23-17(26)14(16(25)21-18(23)27)10-20-22-15(24)12-3-2-8-19-9-12/h2-10,14H,1H3,(H,22,24)(H,21,25,27)/b20-10+/t14-/m1/s1. The lowest BCUT2D eigenvalue weighted by Gasteiger charge is -2.30. The van der Waals surface area contributed by atoms with Crippen molar-refractivity contribution in [2.75, 3.05) is 4.90 Å². The first-order valence-electron chi connectivity index (χ1n) is 7.96. The minimum Gasteiger partial charge on any atom is -0.301 e. The first-order chi connectivity index (χ1) is 13.0. The zero-order valence-corrected chi connectivity index (χ0v) is 15.1. The van der Waals surface area contributed by atoms with E-state index in [1.165, 1.54) is 17.3 Å². The molecule has 1 fully saturated rings. The topological polar surface area (TPSA) is 104 Å². The molecule has 1 aliphatic rings. The summed E-state index contributed by atoms with van der Waals surface area (Å²) in [5.74, 6) is -2.87. The second-order valence-electron chi connectivity index (χ2n) is 5.74. The third-order valence-corrected chi connectivity index (χ3v) is 4.09. The molecule has 0 radical (unpaired) electrons. The molecular weight excluding hydrogens is 366 g/mol. The van der Waals surface area contributed by atoms with Crippen LogP contribution in [0.25, 0.3) is 0 Å². The number of rotatable bonds is 4. The molecule has 1 aliphatic heterocycles. The second kappa shape index (κ2) is 7.83. The third kappa shape index (κ3) is 4.04. The molecule has 1 aromatic carbocycles. The Kier molecular flexibility index (Phi) is 5.32. The maximum atomic E-state index is 12.7. The number of hydrogen-bond donors (Lipinski definition) is 2. The van der Waals surface area contributed by atoms with Crippen molar-refractivity contribution in [2.45, 2.75) is 6.92 Å². The normalized spacial score (nSPS) is 17.1. The summed E-state index contributed by atoms with van der Waals surface area (Å²) < 4.78 is 0. The summed E-state index contributed by atoms with van der Waals surface area (Å²) in [5.41, 5.74) is 4.13. The number of nitrogens with one attached hydrogen (secondary N) is 2. The van der Waals surface area contributed by atoms with E-state index >= 15 is 0 Å². The molecule has 9 heteroatoms. The molecule has 3 amide bonds. The van der Waals surface area contributed by atoms with Crippen LogP contribution in [0.2, 0.25) is 0 Å². The number of benzene rings is 1. The Bertz CT molecular complexity index is 928. The van der Waals surface area contributed by atoms with Gasteiger partial charge in [0, 0.05) is 18.6 Å². The summed E-state index contributed by atoms with van der Waals surface area (Å²) in [6.07, 6.45) is 3.99. The number of amides is 3. The Balaban J connectivity index is 1.75. The first-order valence-corrected chi connectivity index (χ1v) is 8.37. The number of carbonyl (C=O) groups excluding carboxylic acids is 3. The lowest BCUT2D eigenvalue weighted by Crippen LogP contribution is -2.58. The highest BCUT2D eigenvalue weighted by atomic mass is 32.1.